The summed E-state index contributed by atoms with van der Waals surface area (Å²) in [5.41, 5.74) is 0.500. The van der Waals surface area contributed by atoms with Crippen molar-refractivity contribution in [2.24, 2.45) is 0 Å². The monoisotopic (exact) mass is 376 g/mol. The Balaban J connectivity index is 1.64. The minimum Gasteiger partial charge on any atom is -0.492 e. The highest BCUT2D eigenvalue weighted by Gasteiger charge is 2.07. The fourth-order valence-corrected chi connectivity index (χ4v) is 2.23. The number of nitrogens with one attached hydrogen (secondary N) is 2. The van der Waals surface area contributed by atoms with Crippen LogP contribution in [-0.4, -0.2) is 31.5 Å². The van der Waals surface area contributed by atoms with Crippen LogP contribution in [0.2, 0.25) is 0 Å². The van der Waals surface area contributed by atoms with E-state index in [9.17, 15) is 9.59 Å². The zero-order chi connectivity index (χ0) is 16.5. The predicted molar refractivity (Wildman–Crippen MR) is 91.4 cm³/mol. The Labute approximate surface area is 143 Å². The molecule has 0 fully saturated rings. The maximum absolute atomic E-state index is 11.9. The summed E-state index contributed by atoms with van der Waals surface area (Å²) < 4.78 is 6.27. The molecule has 0 radical (unpaired) electrons. The van der Waals surface area contributed by atoms with E-state index in [0.717, 1.165) is 10.2 Å². The second kappa shape index (κ2) is 8.95. The smallest absolute Gasteiger partial charge is 0.251 e. The Morgan fingerprint density at radius 1 is 1.00 bits per heavy atom. The third-order valence-electron chi connectivity index (χ3n) is 2.93. The lowest BCUT2D eigenvalue weighted by Gasteiger charge is -2.08. The first-order valence-electron chi connectivity index (χ1n) is 7.13. The average molecular weight is 377 g/mol. The van der Waals surface area contributed by atoms with E-state index in [1.54, 1.807) is 18.2 Å². The maximum Gasteiger partial charge on any atom is 0.251 e. The van der Waals surface area contributed by atoms with Crippen LogP contribution in [0.5, 0.6) is 5.75 Å². The molecule has 2 aromatic rings. The molecular formula is C17H17BrN2O3. The van der Waals surface area contributed by atoms with Crippen molar-refractivity contribution in [2.75, 3.05) is 19.7 Å². The van der Waals surface area contributed by atoms with Crippen molar-refractivity contribution >= 4 is 27.7 Å². The molecular weight excluding hydrogens is 360 g/mol. The minimum absolute atomic E-state index is 0.0727. The summed E-state index contributed by atoms with van der Waals surface area (Å²) in [5, 5.41) is 5.26. The number of amides is 2. The second-order valence-electron chi connectivity index (χ2n) is 4.70. The lowest BCUT2D eigenvalue weighted by Crippen LogP contribution is -2.38. The van der Waals surface area contributed by atoms with Crippen molar-refractivity contribution in [1.82, 2.24) is 10.6 Å². The normalized spacial score (nSPS) is 9.96. The standard InChI is InChI=1S/C17H17BrN2O3/c18-14-6-4-5-13(11-14)17(22)20-12-16(21)19-9-10-23-15-7-2-1-3-8-15/h1-8,11H,9-10,12H2,(H,19,21)(H,20,22). The van der Waals surface area contributed by atoms with Crippen LogP contribution in [-0.2, 0) is 4.79 Å². The Hall–Kier alpha value is -2.34. The molecule has 0 heterocycles. The molecule has 2 aromatic carbocycles. The van der Waals surface area contributed by atoms with Gasteiger partial charge in [0.15, 0.2) is 0 Å². The lowest BCUT2D eigenvalue weighted by atomic mass is 10.2. The van der Waals surface area contributed by atoms with E-state index in [1.807, 2.05) is 36.4 Å². The molecule has 0 aliphatic rings. The summed E-state index contributed by atoms with van der Waals surface area (Å²) in [6.45, 7) is 0.673. The summed E-state index contributed by atoms with van der Waals surface area (Å²) >= 11 is 3.30. The number of halogens is 1. The van der Waals surface area contributed by atoms with E-state index in [1.165, 1.54) is 0 Å². The van der Waals surface area contributed by atoms with Gasteiger partial charge in [-0.2, -0.15) is 0 Å². The zero-order valence-corrected chi connectivity index (χ0v) is 14.0. The van der Waals surface area contributed by atoms with Gasteiger partial charge < -0.3 is 15.4 Å². The summed E-state index contributed by atoms with van der Waals surface area (Å²) in [6.07, 6.45) is 0. The Bertz CT molecular complexity index is 662. The molecule has 0 aromatic heterocycles. The van der Waals surface area contributed by atoms with Crippen molar-refractivity contribution in [3.8, 4) is 5.75 Å². The highest BCUT2D eigenvalue weighted by atomic mass is 79.9. The molecule has 6 heteroatoms. The first-order chi connectivity index (χ1) is 11.1. The van der Waals surface area contributed by atoms with Crippen molar-refractivity contribution in [1.29, 1.82) is 0 Å². The topological polar surface area (TPSA) is 67.4 Å². The second-order valence-corrected chi connectivity index (χ2v) is 5.62. The predicted octanol–water partition coefficient (Wildman–Crippen LogP) is 2.37. The molecule has 0 aliphatic carbocycles. The fourth-order valence-electron chi connectivity index (χ4n) is 1.83. The van der Waals surface area contributed by atoms with Gasteiger partial charge in [-0.1, -0.05) is 40.2 Å². The zero-order valence-electron chi connectivity index (χ0n) is 12.4. The van der Waals surface area contributed by atoms with Crippen molar-refractivity contribution < 1.29 is 14.3 Å². The molecule has 120 valence electrons. The van der Waals surface area contributed by atoms with Crippen LogP contribution in [0.25, 0.3) is 0 Å². The number of hydrogen-bond acceptors (Lipinski definition) is 3. The quantitative estimate of drug-likeness (QED) is 0.729. The molecule has 2 N–H and O–H groups in total. The van der Waals surface area contributed by atoms with E-state index in [2.05, 4.69) is 26.6 Å². The van der Waals surface area contributed by atoms with Crippen LogP contribution in [0.15, 0.2) is 59.1 Å². The van der Waals surface area contributed by atoms with Crippen LogP contribution in [0.1, 0.15) is 10.4 Å². The highest BCUT2D eigenvalue weighted by Crippen LogP contribution is 2.11. The van der Waals surface area contributed by atoms with E-state index in [-0.39, 0.29) is 18.4 Å². The number of ether oxygens (including phenoxy) is 1. The minimum atomic E-state index is -0.290. The number of carbonyl (C=O) groups is 2. The van der Waals surface area contributed by atoms with Crippen LogP contribution >= 0.6 is 15.9 Å². The molecule has 0 saturated heterocycles. The third kappa shape index (κ3) is 6.12. The van der Waals surface area contributed by atoms with Gasteiger partial charge in [-0.25, -0.2) is 0 Å². The van der Waals surface area contributed by atoms with Gasteiger partial charge in [-0.15, -0.1) is 0 Å². The maximum atomic E-state index is 11.9. The van der Waals surface area contributed by atoms with Gasteiger partial charge in [0.1, 0.15) is 12.4 Å². The largest absolute Gasteiger partial charge is 0.492 e. The number of hydrogen-bond donors (Lipinski definition) is 2. The Morgan fingerprint density at radius 2 is 1.78 bits per heavy atom. The molecule has 23 heavy (non-hydrogen) atoms. The highest BCUT2D eigenvalue weighted by molar-refractivity contribution is 9.10. The first-order valence-corrected chi connectivity index (χ1v) is 7.93. The Morgan fingerprint density at radius 3 is 2.52 bits per heavy atom. The van der Waals surface area contributed by atoms with E-state index < -0.39 is 0 Å². The van der Waals surface area contributed by atoms with Gasteiger partial charge >= 0.3 is 0 Å². The van der Waals surface area contributed by atoms with Crippen LogP contribution in [0.4, 0.5) is 0 Å². The van der Waals surface area contributed by atoms with E-state index in [4.69, 9.17) is 4.74 Å². The summed E-state index contributed by atoms with van der Waals surface area (Å²) in [5.74, 6) is 0.205. The van der Waals surface area contributed by atoms with Gasteiger partial charge in [0.25, 0.3) is 5.91 Å². The van der Waals surface area contributed by atoms with Crippen molar-refractivity contribution in [3.63, 3.8) is 0 Å². The summed E-state index contributed by atoms with van der Waals surface area (Å²) in [7, 11) is 0. The lowest BCUT2D eigenvalue weighted by molar-refractivity contribution is -0.120. The van der Waals surface area contributed by atoms with Gasteiger partial charge in [0.2, 0.25) is 5.91 Å². The van der Waals surface area contributed by atoms with Crippen molar-refractivity contribution in [3.05, 3.63) is 64.6 Å². The molecule has 0 spiro atoms. The number of carbonyl (C=O) groups excluding carboxylic acids is 2. The summed E-state index contributed by atoms with van der Waals surface area (Å²) in [6, 6.07) is 16.3. The molecule has 2 rings (SSSR count). The van der Waals surface area contributed by atoms with Gasteiger partial charge in [0, 0.05) is 10.0 Å². The van der Waals surface area contributed by atoms with Crippen LogP contribution < -0.4 is 15.4 Å². The first kappa shape index (κ1) is 17.0. The van der Waals surface area contributed by atoms with Gasteiger partial charge in [-0.05, 0) is 30.3 Å². The number of rotatable bonds is 7. The van der Waals surface area contributed by atoms with Crippen LogP contribution in [0, 0.1) is 0 Å². The van der Waals surface area contributed by atoms with E-state index >= 15 is 0 Å². The van der Waals surface area contributed by atoms with E-state index in [0.29, 0.717) is 18.7 Å². The molecule has 0 aliphatic heterocycles. The molecule has 2 amide bonds. The van der Waals surface area contributed by atoms with Crippen LogP contribution in [0.3, 0.4) is 0 Å². The fraction of sp³-hybridized carbons (Fsp3) is 0.176. The van der Waals surface area contributed by atoms with Crippen molar-refractivity contribution in [2.45, 2.75) is 0 Å². The average Bonchev–Trinajstić information content (AvgIpc) is 2.57. The third-order valence-corrected chi connectivity index (χ3v) is 3.43. The molecule has 0 saturated carbocycles. The molecule has 0 atom stereocenters. The van der Waals surface area contributed by atoms with Gasteiger partial charge in [0.05, 0.1) is 13.1 Å². The summed E-state index contributed by atoms with van der Waals surface area (Å²) in [4.78, 5) is 23.5. The SMILES string of the molecule is O=C(CNC(=O)c1cccc(Br)c1)NCCOc1ccccc1. The van der Waals surface area contributed by atoms with Gasteiger partial charge in [-0.3, -0.25) is 9.59 Å². The molecule has 5 nitrogen and oxygen atoms in total. The number of para-hydroxylation sites is 1. The molecule has 0 unspecified atom stereocenters. The Kier molecular flexibility index (Phi) is 6.62. The molecule has 0 bridgehead atoms. The number of benzene rings is 2.